The van der Waals surface area contributed by atoms with E-state index in [0.29, 0.717) is 58.6 Å². The molecule has 38 heavy (non-hydrogen) atoms. The lowest BCUT2D eigenvalue weighted by atomic mass is 10.1. The molecule has 2 aromatic heterocycles. The second-order valence-electron chi connectivity index (χ2n) is 8.29. The first kappa shape index (κ1) is 24.6. The molecule has 0 unspecified atom stereocenters. The summed E-state index contributed by atoms with van der Waals surface area (Å²) in [5.41, 5.74) is 3.12. The maximum absolute atomic E-state index is 12.5. The van der Waals surface area contributed by atoms with Gasteiger partial charge in [0.15, 0.2) is 12.4 Å². The van der Waals surface area contributed by atoms with Gasteiger partial charge in [0.1, 0.15) is 17.1 Å². The van der Waals surface area contributed by atoms with Crippen LogP contribution in [0.4, 0.5) is 5.69 Å². The molecule has 2 amide bonds. The van der Waals surface area contributed by atoms with Crippen LogP contribution in [0.1, 0.15) is 27.8 Å². The van der Waals surface area contributed by atoms with Crippen LogP contribution in [-0.4, -0.2) is 57.3 Å². The zero-order valence-corrected chi connectivity index (χ0v) is 20.5. The number of aromatic nitrogens is 4. The number of para-hydroxylation sites is 1. The third-order valence-electron chi connectivity index (χ3n) is 5.71. The van der Waals surface area contributed by atoms with E-state index >= 15 is 0 Å². The fraction of sp³-hybridized carbons (Fsp3) is 0.185. The molecule has 0 bridgehead atoms. The van der Waals surface area contributed by atoms with Crippen LogP contribution >= 0.6 is 0 Å². The molecule has 11 heteroatoms. The number of hydrogen-bond acceptors (Lipinski definition) is 8. The molecule has 4 aromatic rings. The molecule has 0 fully saturated rings. The summed E-state index contributed by atoms with van der Waals surface area (Å²) in [5, 5.41) is 10.0. The molecule has 0 atom stereocenters. The van der Waals surface area contributed by atoms with E-state index in [2.05, 4.69) is 25.7 Å². The SMILES string of the molecule is CCOC(=O)c1ccc(NC(=O)COc2ccccc2-c2nccc(-c3cc4n(n3)CCNC4=O)n2)cc1. The maximum Gasteiger partial charge on any atom is 0.338 e. The Morgan fingerprint density at radius 2 is 1.89 bits per heavy atom. The number of nitrogens with zero attached hydrogens (tertiary/aromatic N) is 4. The lowest BCUT2D eigenvalue weighted by Gasteiger charge is -2.13. The van der Waals surface area contributed by atoms with Gasteiger partial charge >= 0.3 is 5.97 Å². The van der Waals surface area contributed by atoms with Crippen molar-refractivity contribution in [2.45, 2.75) is 13.5 Å². The minimum absolute atomic E-state index is 0.170. The number of rotatable bonds is 8. The van der Waals surface area contributed by atoms with Crippen LogP contribution in [0.5, 0.6) is 5.75 Å². The molecular formula is C27H24N6O5. The summed E-state index contributed by atoms with van der Waals surface area (Å²) in [6.45, 7) is 2.89. The molecule has 2 N–H and O–H groups in total. The highest BCUT2D eigenvalue weighted by Gasteiger charge is 2.21. The van der Waals surface area contributed by atoms with Crippen molar-refractivity contribution in [3.63, 3.8) is 0 Å². The van der Waals surface area contributed by atoms with E-state index in [1.54, 1.807) is 72.4 Å². The van der Waals surface area contributed by atoms with Gasteiger partial charge in [-0.25, -0.2) is 14.8 Å². The number of anilines is 1. The summed E-state index contributed by atoms with van der Waals surface area (Å²) >= 11 is 0. The Bertz CT molecular complexity index is 1500. The molecule has 2 aromatic carbocycles. The lowest BCUT2D eigenvalue weighted by molar-refractivity contribution is -0.118. The average Bonchev–Trinajstić information content (AvgIpc) is 3.39. The predicted molar refractivity (Wildman–Crippen MR) is 138 cm³/mol. The Balaban J connectivity index is 1.28. The fourth-order valence-electron chi connectivity index (χ4n) is 3.91. The van der Waals surface area contributed by atoms with Gasteiger partial charge in [-0.1, -0.05) is 12.1 Å². The van der Waals surface area contributed by atoms with Gasteiger partial charge in [-0.3, -0.25) is 14.3 Å². The zero-order chi connectivity index (χ0) is 26.5. The minimum atomic E-state index is -0.422. The maximum atomic E-state index is 12.5. The number of benzene rings is 2. The standard InChI is InChI=1S/C27H24N6O5/c1-2-37-27(36)17-7-9-18(10-8-17)30-24(34)16-38-23-6-4-3-5-19(23)25-28-12-11-20(31-25)21-15-22-26(35)29-13-14-33(22)32-21/h3-12,15H,2,13-14,16H2,1H3,(H,29,35)(H,30,34). The van der Waals surface area contributed by atoms with Gasteiger partial charge in [0, 0.05) is 18.4 Å². The minimum Gasteiger partial charge on any atom is -0.483 e. The molecule has 1 aliphatic heterocycles. The van der Waals surface area contributed by atoms with E-state index in [4.69, 9.17) is 9.47 Å². The quantitative estimate of drug-likeness (QED) is 0.344. The second-order valence-corrected chi connectivity index (χ2v) is 8.29. The van der Waals surface area contributed by atoms with E-state index in [0.717, 1.165) is 0 Å². The third-order valence-corrected chi connectivity index (χ3v) is 5.71. The lowest BCUT2D eigenvalue weighted by Crippen LogP contribution is -2.35. The molecule has 192 valence electrons. The van der Waals surface area contributed by atoms with Crippen molar-refractivity contribution in [1.29, 1.82) is 0 Å². The topological polar surface area (TPSA) is 137 Å². The highest BCUT2D eigenvalue weighted by atomic mass is 16.5. The number of carbonyl (C=O) groups excluding carboxylic acids is 3. The van der Waals surface area contributed by atoms with E-state index < -0.39 is 5.97 Å². The van der Waals surface area contributed by atoms with Gasteiger partial charge in [-0.15, -0.1) is 0 Å². The number of hydrogen-bond donors (Lipinski definition) is 2. The first-order valence-corrected chi connectivity index (χ1v) is 12.0. The van der Waals surface area contributed by atoms with Crippen molar-refractivity contribution in [3.8, 4) is 28.5 Å². The summed E-state index contributed by atoms with van der Waals surface area (Å²) in [4.78, 5) is 45.4. The molecule has 0 saturated carbocycles. The summed E-state index contributed by atoms with van der Waals surface area (Å²) in [7, 11) is 0. The molecule has 3 heterocycles. The van der Waals surface area contributed by atoms with Crippen molar-refractivity contribution in [1.82, 2.24) is 25.1 Å². The highest BCUT2D eigenvalue weighted by molar-refractivity contribution is 5.94. The zero-order valence-electron chi connectivity index (χ0n) is 20.5. The van der Waals surface area contributed by atoms with Gasteiger partial charge < -0.3 is 20.1 Å². The molecule has 0 radical (unpaired) electrons. The van der Waals surface area contributed by atoms with Crippen LogP contribution in [0.3, 0.4) is 0 Å². The van der Waals surface area contributed by atoms with Gasteiger partial charge in [-0.2, -0.15) is 5.10 Å². The largest absolute Gasteiger partial charge is 0.483 e. The summed E-state index contributed by atoms with van der Waals surface area (Å²) in [5.74, 6) is -0.143. The molecule has 0 spiro atoms. The molecule has 5 rings (SSSR count). The van der Waals surface area contributed by atoms with Crippen LogP contribution in [0.25, 0.3) is 22.8 Å². The number of nitrogens with one attached hydrogen (secondary N) is 2. The number of fused-ring (bicyclic) bond motifs is 1. The van der Waals surface area contributed by atoms with Gasteiger partial charge in [0.25, 0.3) is 11.8 Å². The van der Waals surface area contributed by atoms with Crippen LogP contribution < -0.4 is 15.4 Å². The fourth-order valence-corrected chi connectivity index (χ4v) is 3.91. The first-order chi connectivity index (χ1) is 18.5. The van der Waals surface area contributed by atoms with Gasteiger partial charge in [0.05, 0.1) is 30.0 Å². The number of esters is 1. The van der Waals surface area contributed by atoms with Crippen LogP contribution in [0.2, 0.25) is 0 Å². The normalized spacial score (nSPS) is 12.3. The van der Waals surface area contributed by atoms with Gasteiger partial charge in [-0.05, 0) is 55.5 Å². The Morgan fingerprint density at radius 1 is 1.08 bits per heavy atom. The molecular weight excluding hydrogens is 488 g/mol. The van der Waals surface area contributed by atoms with E-state index in [1.807, 2.05) is 6.07 Å². The Kier molecular flexibility index (Phi) is 7.07. The number of amides is 2. The summed E-state index contributed by atoms with van der Waals surface area (Å²) in [6, 6.07) is 17.0. The molecule has 1 aliphatic rings. The first-order valence-electron chi connectivity index (χ1n) is 12.0. The average molecular weight is 513 g/mol. The molecule has 0 aliphatic carbocycles. The Labute approximate surface area is 217 Å². The molecule has 11 nitrogen and oxygen atoms in total. The highest BCUT2D eigenvalue weighted by Crippen LogP contribution is 2.29. The smallest absolute Gasteiger partial charge is 0.338 e. The Morgan fingerprint density at radius 3 is 2.68 bits per heavy atom. The predicted octanol–water partition coefficient (Wildman–Crippen LogP) is 2.94. The number of ether oxygens (including phenoxy) is 2. The van der Waals surface area contributed by atoms with E-state index in [-0.39, 0.29) is 25.0 Å². The van der Waals surface area contributed by atoms with Crippen molar-refractivity contribution in [3.05, 3.63) is 78.1 Å². The van der Waals surface area contributed by atoms with Crippen molar-refractivity contribution >= 4 is 23.5 Å². The van der Waals surface area contributed by atoms with Crippen LogP contribution in [0, 0.1) is 0 Å². The molecule has 0 saturated heterocycles. The monoisotopic (exact) mass is 512 g/mol. The van der Waals surface area contributed by atoms with Gasteiger partial charge in [0.2, 0.25) is 0 Å². The van der Waals surface area contributed by atoms with E-state index in [9.17, 15) is 14.4 Å². The van der Waals surface area contributed by atoms with Crippen molar-refractivity contribution in [2.75, 3.05) is 25.1 Å². The Hall–Kier alpha value is -5.06. The van der Waals surface area contributed by atoms with Crippen LogP contribution in [-0.2, 0) is 16.1 Å². The second kappa shape index (κ2) is 10.9. The van der Waals surface area contributed by atoms with E-state index in [1.165, 1.54) is 0 Å². The summed E-state index contributed by atoms with van der Waals surface area (Å²) < 4.78 is 12.4. The third kappa shape index (κ3) is 5.36. The van der Waals surface area contributed by atoms with Crippen molar-refractivity contribution < 1.29 is 23.9 Å². The van der Waals surface area contributed by atoms with Crippen LogP contribution in [0.15, 0.2) is 66.9 Å². The van der Waals surface area contributed by atoms with Crippen molar-refractivity contribution in [2.24, 2.45) is 0 Å². The number of carbonyl (C=O) groups is 3. The summed E-state index contributed by atoms with van der Waals surface area (Å²) in [6.07, 6.45) is 1.61.